The molecule has 2 bridgehead atoms. The molecule has 39 heavy (non-hydrogen) atoms. The maximum atomic E-state index is 14.4. The summed E-state index contributed by atoms with van der Waals surface area (Å²) in [6.07, 6.45) is 11.2. The van der Waals surface area contributed by atoms with Crippen LogP contribution in [0.25, 0.3) is 0 Å². The summed E-state index contributed by atoms with van der Waals surface area (Å²) in [7, 11) is 0. The normalized spacial score (nSPS) is 40.1. The van der Waals surface area contributed by atoms with Gasteiger partial charge in [-0.2, -0.15) is 0 Å². The smallest absolute Gasteiger partial charge is 0.306 e. The molecule has 4 aliphatic rings. The Labute approximate surface area is 233 Å². The first-order chi connectivity index (χ1) is 18.4. The summed E-state index contributed by atoms with van der Waals surface area (Å²) < 4.78 is 6.31. The number of hydrogen-bond donors (Lipinski definition) is 4. The summed E-state index contributed by atoms with van der Waals surface area (Å²) in [5, 5.41) is 44.5. The minimum atomic E-state index is -2.21. The van der Waals surface area contributed by atoms with E-state index in [9.17, 15) is 30.0 Å². The number of unbranched alkanes of at least 4 members (excludes halogenated alkanes) is 8. The molecule has 7 nitrogen and oxygen atoms in total. The van der Waals surface area contributed by atoms with E-state index in [1.54, 1.807) is 19.1 Å². The molecule has 4 aliphatic carbocycles. The molecule has 4 N–H and O–H groups in total. The average Bonchev–Trinajstić information content (AvgIpc) is 3.30. The molecule has 0 aromatic rings. The zero-order chi connectivity index (χ0) is 28.8. The highest BCUT2D eigenvalue weighted by atomic mass is 16.6. The standard InChI is InChI=1S/C32H50O7/c1-6-7-8-9-10-11-12-13-14-15-24(34)39-31-18-21(3)30-17-20(2)26(35)32(30,38)27(36)22(19-33)16-23(28(30)37)25(31)29(31,4)5/h16-17,21,23,25-27,33,35-36,38H,6-15,18-19H2,1-5H3/t21-,23+,25+,26-,27+,30+,31+,32+/m0/s1. The minimum absolute atomic E-state index is 0.117. The molecule has 0 aliphatic heterocycles. The van der Waals surface area contributed by atoms with Crippen LogP contribution in [0.4, 0.5) is 0 Å². The quantitative estimate of drug-likeness (QED) is 0.162. The van der Waals surface area contributed by atoms with E-state index >= 15 is 0 Å². The maximum Gasteiger partial charge on any atom is 0.306 e. The highest BCUT2D eigenvalue weighted by Crippen LogP contribution is 2.75. The largest absolute Gasteiger partial charge is 0.458 e. The Bertz CT molecular complexity index is 1010. The van der Waals surface area contributed by atoms with Gasteiger partial charge in [-0.3, -0.25) is 9.59 Å². The lowest BCUT2D eigenvalue weighted by atomic mass is 9.59. The number of Topliss-reactive ketones (excluding diaryl/α,β-unsaturated/α-hetero) is 1. The molecule has 0 aromatic heterocycles. The number of carbonyl (C=O) groups is 2. The fourth-order valence-electron chi connectivity index (χ4n) is 8.56. The lowest BCUT2D eigenvalue weighted by Gasteiger charge is -2.48. The predicted octanol–water partition coefficient (Wildman–Crippen LogP) is 4.40. The molecule has 2 fully saturated rings. The van der Waals surface area contributed by atoms with E-state index in [4.69, 9.17) is 4.74 Å². The van der Waals surface area contributed by atoms with Crippen LogP contribution in [-0.4, -0.2) is 62.2 Å². The molecule has 220 valence electrons. The number of aliphatic hydroxyl groups excluding tert-OH is 3. The summed E-state index contributed by atoms with van der Waals surface area (Å²) in [4.78, 5) is 27.5. The van der Waals surface area contributed by atoms with Crippen LogP contribution in [0.5, 0.6) is 0 Å². The Balaban J connectivity index is 1.53. The van der Waals surface area contributed by atoms with E-state index in [0.717, 1.165) is 19.3 Å². The molecular weight excluding hydrogens is 496 g/mol. The van der Waals surface area contributed by atoms with Crippen LogP contribution < -0.4 is 0 Å². The number of hydrogen-bond acceptors (Lipinski definition) is 7. The Kier molecular flexibility index (Phi) is 8.61. The van der Waals surface area contributed by atoms with Crippen molar-refractivity contribution in [2.45, 2.75) is 129 Å². The van der Waals surface area contributed by atoms with Gasteiger partial charge in [-0.05, 0) is 36.8 Å². The third-order valence-electron chi connectivity index (χ3n) is 10.8. The minimum Gasteiger partial charge on any atom is -0.458 e. The van der Waals surface area contributed by atoms with E-state index in [2.05, 4.69) is 6.92 Å². The molecule has 0 saturated heterocycles. The molecular formula is C32H50O7. The van der Waals surface area contributed by atoms with Crippen molar-refractivity contribution in [3.8, 4) is 0 Å². The number of fused-ring (bicyclic) bond motifs is 3. The van der Waals surface area contributed by atoms with Crippen LogP contribution in [0, 0.1) is 28.6 Å². The molecule has 0 amide bonds. The van der Waals surface area contributed by atoms with Crippen molar-refractivity contribution in [3.63, 3.8) is 0 Å². The Morgan fingerprint density at radius 1 is 1.03 bits per heavy atom. The predicted molar refractivity (Wildman–Crippen MR) is 149 cm³/mol. The third kappa shape index (κ3) is 4.47. The zero-order valence-corrected chi connectivity index (χ0v) is 24.5. The molecule has 0 aromatic carbocycles. The van der Waals surface area contributed by atoms with Crippen molar-refractivity contribution < 1.29 is 34.8 Å². The summed E-state index contributed by atoms with van der Waals surface area (Å²) in [6, 6.07) is 0. The van der Waals surface area contributed by atoms with Gasteiger partial charge in [0.05, 0.1) is 12.0 Å². The van der Waals surface area contributed by atoms with Crippen LogP contribution in [0.3, 0.4) is 0 Å². The number of ketones is 1. The molecule has 0 radical (unpaired) electrons. The Morgan fingerprint density at radius 3 is 2.21 bits per heavy atom. The van der Waals surface area contributed by atoms with Crippen molar-refractivity contribution in [2.24, 2.45) is 28.6 Å². The van der Waals surface area contributed by atoms with E-state index in [0.29, 0.717) is 18.4 Å². The zero-order valence-electron chi connectivity index (χ0n) is 24.5. The second kappa shape index (κ2) is 11.0. The summed E-state index contributed by atoms with van der Waals surface area (Å²) in [6.45, 7) is 9.16. The number of ether oxygens (including phenoxy) is 1. The number of aliphatic hydroxyl groups is 4. The van der Waals surface area contributed by atoms with Crippen LogP contribution in [-0.2, 0) is 14.3 Å². The monoisotopic (exact) mass is 546 g/mol. The molecule has 0 unspecified atom stereocenters. The second-order valence-corrected chi connectivity index (χ2v) is 13.4. The summed E-state index contributed by atoms with van der Waals surface area (Å²) in [5.74, 6) is -2.21. The fraction of sp³-hybridized carbons (Fsp3) is 0.812. The first kappa shape index (κ1) is 30.4. The maximum absolute atomic E-state index is 14.4. The first-order valence-corrected chi connectivity index (χ1v) is 15.2. The van der Waals surface area contributed by atoms with Crippen LogP contribution >= 0.6 is 0 Å². The number of carbonyl (C=O) groups excluding carboxylic acids is 2. The average molecular weight is 547 g/mol. The first-order valence-electron chi connectivity index (χ1n) is 15.2. The molecule has 2 saturated carbocycles. The topological polar surface area (TPSA) is 124 Å². The van der Waals surface area contributed by atoms with Crippen molar-refractivity contribution in [1.29, 1.82) is 0 Å². The highest BCUT2D eigenvalue weighted by Gasteiger charge is 2.83. The Morgan fingerprint density at radius 2 is 1.62 bits per heavy atom. The van der Waals surface area contributed by atoms with E-state index in [1.165, 1.54) is 38.5 Å². The van der Waals surface area contributed by atoms with Crippen molar-refractivity contribution in [2.75, 3.05) is 6.61 Å². The molecule has 0 heterocycles. The van der Waals surface area contributed by atoms with E-state index in [1.807, 2.05) is 20.8 Å². The molecule has 7 heteroatoms. The van der Waals surface area contributed by atoms with Crippen LogP contribution in [0.1, 0.15) is 105 Å². The summed E-state index contributed by atoms with van der Waals surface area (Å²) in [5.41, 5.74) is -4.64. The number of rotatable bonds is 12. The van der Waals surface area contributed by atoms with Crippen LogP contribution in [0.2, 0.25) is 0 Å². The third-order valence-corrected chi connectivity index (χ3v) is 10.8. The lowest BCUT2D eigenvalue weighted by molar-refractivity contribution is -0.191. The van der Waals surface area contributed by atoms with Gasteiger partial charge in [0.1, 0.15) is 23.4 Å². The highest BCUT2D eigenvalue weighted by molar-refractivity contribution is 5.95. The number of allylic oxidation sites excluding steroid dienone is 1. The van der Waals surface area contributed by atoms with Crippen molar-refractivity contribution in [3.05, 3.63) is 23.3 Å². The SMILES string of the molecule is CCCCCCCCCCCC(=O)O[C@]12C[C@H](C)[C@@]34C=C(C)[C@H](O)[C@@]3(O)[C@H](O)C(CO)=C[C@@H](C4=O)[C@@H]1C2(C)C. The lowest BCUT2D eigenvalue weighted by Crippen LogP contribution is -2.65. The van der Waals surface area contributed by atoms with Gasteiger partial charge in [0, 0.05) is 23.7 Å². The van der Waals surface area contributed by atoms with Gasteiger partial charge >= 0.3 is 5.97 Å². The van der Waals surface area contributed by atoms with Crippen molar-refractivity contribution in [1.82, 2.24) is 0 Å². The van der Waals surface area contributed by atoms with Gasteiger partial charge in [0.2, 0.25) is 0 Å². The fourth-order valence-corrected chi connectivity index (χ4v) is 8.56. The van der Waals surface area contributed by atoms with E-state index in [-0.39, 0.29) is 23.2 Å². The molecule has 4 rings (SSSR count). The summed E-state index contributed by atoms with van der Waals surface area (Å²) >= 11 is 0. The van der Waals surface area contributed by atoms with Crippen LogP contribution in [0.15, 0.2) is 23.3 Å². The van der Waals surface area contributed by atoms with E-state index < -0.39 is 52.7 Å². The van der Waals surface area contributed by atoms with Gasteiger partial charge < -0.3 is 25.2 Å². The van der Waals surface area contributed by atoms with Crippen molar-refractivity contribution >= 4 is 11.8 Å². The van der Waals surface area contributed by atoms with Gasteiger partial charge in [-0.25, -0.2) is 0 Å². The molecule has 8 atom stereocenters. The van der Waals surface area contributed by atoms with Gasteiger partial charge in [-0.1, -0.05) is 91.2 Å². The van der Waals surface area contributed by atoms with Gasteiger partial charge in [0.25, 0.3) is 0 Å². The molecule has 1 spiro atoms. The Hall–Kier alpha value is -1.54. The second-order valence-electron chi connectivity index (χ2n) is 13.4. The van der Waals surface area contributed by atoms with Gasteiger partial charge in [0.15, 0.2) is 5.78 Å². The van der Waals surface area contributed by atoms with Gasteiger partial charge in [-0.15, -0.1) is 0 Å². The number of esters is 1.